The Labute approximate surface area is 147 Å². The van der Waals surface area contributed by atoms with Gasteiger partial charge in [-0.3, -0.25) is 0 Å². The molecule has 2 N–H and O–H groups in total. The van der Waals surface area contributed by atoms with Crippen molar-refractivity contribution in [1.29, 1.82) is 0 Å². The second-order valence-electron chi connectivity index (χ2n) is 6.25. The molecule has 2 aromatic carbocycles. The molecule has 0 fully saturated rings. The van der Waals surface area contributed by atoms with Crippen LogP contribution in [0.1, 0.15) is 39.9 Å². The minimum Gasteiger partial charge on any atom is -0.478 e. The summed E-state index contributed by atoms with van der Waals surface area (Å²) in [6, 6.07) is 10.2. The second kappa shape index (κ2) is 5.74. The van der Waals surface area contributed by atoms with Crippen LogP contribution in [0, 0.1) is 11.7 Å². The van der Waals surface area contributed by atoms with Gasteiger partial charge in [0.25, 0.3) is 0 Å². The van der Waals surface area contributed by atoms with Gasteiger partial charge in [0.05, 0.1) is 17.3 Å². The number of fused-ring (bicyclic) bond motifs is 3. The lowest BCUT2D eigenvalue weighted by molar-refractivity contribution is 0.0697. The number of hydrogen-bond acceptors (Lipinski definition) is 2. The van der Waals surface area contributed by atoms with Crippen LogP contribution in [0.15, 0.2) is 53.0 Å². The number of allylic oxidation sites excluding steroid dienone is 2. The number of carboxylic acids is 1. The van der Waals surface area contributed by atoms with Gasteiger partial charge >= 0.3 is 5.97 Å². The maximum atomic E-state index is 14.5. The maximum Gasteiger partial charge on any atom is 0.335 e. The normalized spacial score (nSPS) is 24.2. The highest BCUT2D eigenvalue weighted by atomic mass is 79.9. The standard InChI is InChI=1S/C19H15BrFNO2/c20-12-8-15-13-2-1-3-14(13)17(22-18(15)16(21)9-12)10-4-6-11(7-5-10)19(23)24/h1-2,4-9,13-14,17,22H,3H2,(H,23,24)/t13-,14+,17+/m0/s1. The number of aromatic carboxylic acids is 1. The van der Waals surface area contributed by atoms with Gasteiger partial charge in [0.15, 0.2) is 0 Å². The van der Waals surface area contributed by atoms with E-state index in [-0.39, 0.29) is 23.3 Å². The predicted octanol–water partition coefficient (Wildman–Crippen LogP) is 5.11. The summed E-state index contributed by atoms with van der Waals surface area (Å²) in [5.41, 5.74) is 2.75. The lowest BCUT2D eigenvalue weighted by Crippen LogP contribution is -2.29. The van der Waals surface area contributed by atoms with Gasteiger partial charge in [-0.25, -0.2) is 9.18 Å². The predicted molar refractivity (Wildman–Crippen MR) is 93.9 cm³/mol. The van der Waals surface area contributed by atoms with Crippen LogP contribution < -0.4 is 5.32 Å². The van der Waals surface area contributed by atoms with E-state index in [0.717, 1.165) is 22.0 Å². The number of benzene rings is 2. The van der Waals surface area contributed by atoms with Crippen LogP contribution in [-0.4, -0.2) is 11.1 Å². The Morgan fingerprint density at radius 1 is 1.25 bits per heavy atom. The Hall–Kier alpha value is -2.14. The van der Waals surface area contributed by atoms with Crippen LogP contribution in [0.2, 0.25) is 0 Å². The van der Waals surface area contributed by atoms with Gasteiger partial charge in [0, 0.05) is 10.4 Å². The molecule has 122 valence electrons. The number of rotatable bonds is 2. The zero-order valence-electron chi connectivity index (χ0n) is 12.7. The molecule has 0 bridgehead atoms. The Bertz CT molecular complexity index is 847. The van der Waals surface area contributed by atoms with Crippen molar-refractivity contribution in [2.45, 2.75) is 18.4 Å². The zero-order valence-corrected chi connectivity index (χ0v) is 14.3. The van der Waals surface area contributed by atoms with Gasteiger partial charge in [-0.15, -0.1) is 0 Å². The van der Waals surface area contributed by atoms with Gasteiger partial charge in [-0.2, -0.15) is 0 Å². The summed E-state index contributed by atoms with van der Waals surface area (Å²) in [6.07, 6.45) is 5.20. The van der Waals surface area contributed by atoms with Crippen LogP contribution in [0.25, 0.3) is 0 Å². The number of nitrogens with one attached hydrogen (secondary N) is 1. The molecule has 3 atom stereocenters. The largest absolute Gasteiger partial charge is 0.478 e. The molecule has 0 saturated carbocycles. The van der Waals surface area contributed by atoms with Crippen molar-refractivity contribution in [2.24, 2.45) is 5.92 Å². The fraction of sp³-hybridized carbons (Fsp3) is 0.211. The average molecular weight is 388 g/mol. The molecule has 1 aliphatic carbocycles. The highest BCUT2D eigenvalue weighted by Crippen LogP contribution is 2.51. The third kappa shape index (κ3) is 2.44. The molecule has 4 rings (SSSR count). The Kier molecular flexibility index (Phi) is 3.68. The molecule has 1 aliphatic heterocycles. The van der Waals surface area contributed by atoms with E-state index < -0.39 is 5.97 Å². The van der Waals surface area contributed by atoms with Crippen LogP contribution >= 0.6 is 15.9 Å². The van der Waals surface area contributed by atoms with Gasteiger partial charge in [0.2, 0.25) is 0 Å². The third-order valence-electron chi connectivity index (χ3n) is 4.90. The molecular formula is C19H15BrFNO2. The maximum absolute atomic E-state index is 14.5. The molecule has 0 amide bonds. The van der Waals surface area contributed by atoms with Gasteiger partial charge in [0.1, 0.15) is 5.82 Å². The summed E-state index contributed by atoms with van der Waals surface area (Å²) in [5, 5.41) is 12.4. The van der Waals surface area contributed by atoms with E-state index in [9.17, 15) is 9.18 Å². The summed E-state index contributed by atoms with van der Waals surface area (Å²) < 4.78 is 15.2. The minimum atomic E-state index is -0.945. The Balaban J connectivity index is 1.76. The number of halogens is 2. The minimum absolute atomic E-state index is 0.0454. The molecule has 5 heteroatoms. The van der Waals surface area contributed by atoms with E-state index in [4.69, 9.17) is 5.11 Å². The van der Waals surface area contributed by atoms with E-state index in [0.29, 0.717) is 11.6 Å². The number of anilines is 1. The van der Waals surface area contributed by atoms with E-state index in [1.165, 1.54) is 6.07 Å². The first kappa shape index (κ1) is 15.4. The van der Waals surface area contributed by atoms with E-state index in [1.807, 2.05) is 18.2 Å². The number of hydrogen-bond donors (Lipinski definition) is 2. The molecule has 24 heavy (non-hydrogen) atoms. The summed E-state index contributed by atoms with van der Waals surface area (Å²) in [4.78, 5) is 11.0. The lowest BCUT2D eigenvalue weighted by Gasteiger charge is -2.37. The Morgan fingerprint density at radius 2 is 2.00 bits per heavy atom. The van der Waals surface area contributed by atoms with Crippen molar-refractivity contribution in [2.75, 3.05) is 5.32 Å². The summed E-state index contributed by atoms with van der Waals surface area (Å²) in [5.74, 6) is -0.760. The highest BCUT2D eigenvalue weighted by molar-refractivity contribution is 9.10. The van der Waals surface area contributed by atoms with Crippen LogP contribution in [0.5, 0.6) is 0 Å². The van der Waals surface area contributed by atoms with Crippen LogP contribution in [0.3, 0.4) is 0 Å². The van der Waals surface area contributed by atoms with Crippen LogP contribution in [-0.2, 0) is 0 Å². The summed E-state index contributed by atoms with van der Waals surface area (Å²) >= 11 is 3.37. The molecule has 3 nitrogen and oxygen atoms in total. The fourth-order valence-corrected chi connectivity index (χ4v) is 4.23. The van der Waals surface area contributed by atoms with Crippen LogP contribution in [0.4, 0.5) is 10.1 Å². The molecule has 0 aromatic heterocycles. The monoisotopic (exact) mass is 387 g/mol. The Morgan fingerprint density at radius 3 is 2.71 bits per heavy atom. The first-order chi connectivity index (χ1) is 11.5. The fourth-order valence-electron chi connectivity index (χ4n) is 3.78. The molecule has 0 saturated heterocycles. The lowest BCUT2D eigenvalue weighted by atomic mass is 9.77. The van der Waals surface area contributed by atoms with Gasteiger partial charge < -0.3 is 10.4 Å². The summed E-state index contributed by atoms with van der Waals surface area (Å²) in [7, 11) is 0. The van der Waals surface area contributed by atoms with Crippen molar-refractivity contribution in [3.05, 3.63) is 75.5 Å². The first-order valence-corrected chi connectivity index (χ1v) is 8.59. The molecule has 1 heterocycles. The SMILES string of the molecule is O=C(O)c1ccc([C@H]2Nc3c(F)cc(Br)cc3[C@H]3C=CC[C@H]32)cc1. The van der Waals surface area contributed by atoms with Crippen molar-refractivity contribution in [1.82, 2.24) is 0 Å². The van der Waals surface area contributed by atoms with Crippen molar-refractivity contribution in [3.8, 4) is 0 Å². The molecule has 2 aliphatic rings. The number of carboxylic acid groups (broad SMARTS) is 1. The van der Waals surface area contributed by atoms with E-state index in [2.05, 4.69) is 33.4 Å². The first-order valence-electron chi connectivity index (χ1n) is 7.80. The summed E-state index contributed by atoms with van der Waals surface area (Å²) in [6.45, 7) is 0. The molecule has 2 aromatic rings. The molecular weight excluding hydrogens is 373 g/mol. The molecule has 0 unspecified atom stereocenters. The van der Waals surface area contributed by atoms with Crippen molar-refractivity contribution < 1.29 is 14.3 Å². The van der Waals surface area contributed by atoms with Crippen molar-refractivity contribution >= 4 is 27.6 Å². The smallest absolute Gasteiger partial charge is 0.335 e. The van der Waals surface area contributed by atoms with E-state index in [1.54, 1.807) is 12.1 Å². The second-order valence-corrected chi connectivity index (χ2v) is 7.17. The highest BCUT2D eigenvalue weighted by Gasteiger charge is 2.39. The van der Waals surface area contributed by atoms with Crippen molar-refractivity contribution in [3.63, 3.8) is 0 Å². The third-order valence-corrected chi connectivity index (χ3v) is 5.36. The number of carbonyl (C=O) groups is 1. The van der Waals surface area contributed by atoms with E-state index >= 15 is 0 Å². The van der Waals surface area contributed by atoms with Gasteiger partial charge in [-0.1, -0.05) is 40.2 Å². The topological polar surface area (TPSA) is 49.3 Å². The van der Waals surface area contributed by atoms with Gasteiger partial charge in [-0.05, 0) is 47.7 Å². The quantitative estimate of drug-likeness (QED) is 0.703. The zero-order chi connectivity index (χ0) is 16.8. The molecule has 0 spiro atoms. The average Bonchev–Trinajstić information content (AvgIpc) is 3.04. The molecule has 0 radical (unpaired) electrons.